The summed E-state index contributed by atoms with van der Waals surface area (Å²) < 4.78 is 22.8. The summed E-state index contributed by atoms with van der Waals surface area (Å²) in [5.41, 5.74) is 2.02. The predicted molar refractivity (Wildman–Crippen MR) is 151 cm³/mol. The van der Waals surface area contributed by atoms with Gasteiger partial charge in [-0.2, -0.15) is 0 Å². The Bertz CT molecular complexity index is 1350. The molecule has 0 saturated carbocycles. The quantitative estimate of drug-likeness (QED) is 0.335. The monoisotopic (exact) mass is 580 g/mol. The van der Waals surface area contributed by atoms with E-state index in [2.05, 4.69) is 5.32 Å². The summed E-state index contributed by atoms with van der Waals surface area (Å²) in [6, 6.07) is 9.77. The van der Waals surface area contributed by atoms with Gasteiger partial charge in [-0.05, 0) is 42.7 Å². The van der Waals surface area contributed by atoms with Crippen molar-refractivity contribution in [3.8, 4) is 17.2 Å². The van der Waals surface area contributed by atoms with Crippen molar-refractivity contribution < 1.29 is 43.5 Å². The second kappa shape index (κ2) is 12.9. The van der Waals surface area contributed by atoms with Crippen LogP contribution in [0.1, 0.15) is 33.8 Å². The number of aliphatic hydroxyl groups is 2. The normalized spacial score (nSPS) is 24.1. The van der Waals surface area contributed by atoms with Crippen LogP contribution >= 0.6 is 0 Å². The number of para-hydroxylation sites is 1. The van der Waals surface area contributed by atoms with Gasteiger partial charge in [-0.25, -0.2) is 0 Å². The number of carbonyl (C=O) groups excluding carboxylic acids is 3. The third kappa shape index (κ3) is 5.59. The lowest BCUT2D eigenvalue weighted by Gasteiger charge is -2.41. The number of ether oxygens (including phenoxy) is 4. The molecular weight excluding hydrogens is 544 g/mol. The molecular formula is C31H36N2O9. The molecule has 2 amide bonds. The van der Waals surface area contributed by atoms with E-state index < -0.39 is 30.1 Å². The molecule has 2 aliphatic heterocycles. The van der Waals surface area contributed by atoms with Gasteiger partial charge in [-0.1, -0.05) is 18.2 Å². The van der Waals surface area contributed by atoms with E-state index in [1.807, 2.05) is 24.3 Å². The van der Waals surface area contributed by atoms with E-state index in [0.717, 1.165) is 5.56 Å². The van der Waals surface area contributed by atoms with Gasteiger partial charge in [0.1, 0.15) is 24.2 Å². The number of nitrogens with one attached hydrogen (secondary N) is 1. The lowest BCUT2D eigenvalue weighted by molar-refractivity contribution is -0.141. The molecule has 1 saturated heterocycles. The lowest BCUT2D eigenvalue weighted by atomic mass is 9.77. The number of rotatable bonds is 11. The highest BCUT2D eigenvalue weighted by atomic mass is 16.5. The van der Waals surface area contributed by atoms with Gasteiger partial charge in [0.25, 0.3) is 0 Å². The van der Waals surface area contributed by atoms with Crippen LogP contribution in [0.2, 0.25) is 0 Å². The van der Waals surface area contributed by atoms with Gasteiger partial charge in [0, 0.05) is 36.4 Å². The van der Waals surface area contributed by atoms with Gasteiger partial charge in [-0.15, -0.1) is 0 Å². The maximum atomic E-state index is 13.9. The van der Waals surface area contributed by atoms with Gasteiger partial charge in [0.15, 0.2) is 11.5 Å². The molecule has 0 radical (unpaired) electrons. The molecule has 5 rings (SSSR count). The fourth-order valence-electron chi connectivity index (χ4n) is 6.08. The van der Waals surface area contributed by atoms with E-state index in [1.165, 1.54) is 13.2 Å². The zero-order valence-corrected chi connectivity index (χ0v) is 23.7. The Kier molecular flexibility index (Phi) is 9.10. The number of fused-ring (bicyclic) bond motifs is 3. The SMILES string of the molecule is COc1ccccc1CCN(C(=O)C1CCOC1)C1C=C(C(=O)NCCO)C2c3cc(C=O)cc(OC)c3OC2C1O. The first-order valence-electron chi connectivity index (χ1n) is 14.0. The summed E-state index contributed by atoms with van der Waals surface area (Å²) in [5.74, 6) is -0.462. The maximum absolute atomic E-state index is 13.9. The minimum Gasteiger partial charge on any atom is -0.496 e. The summed E-state index contributed by atoms with van der Waals surface area (Å²) in [6.45, 7) is 0.738. The van der Waals surface area contributed by atoms with Gasteiger partial charge >= 0.3 is 0 Å². The largest absolute Gasteiger partial charge is 0.496 e. The number of hydrogen-bond donors (Lipinski definition) is 3. The summed E-state index contributed by atoms with van der Waals surface area (Å²) >= 11 is 0. The number of benzene rings is 2. The average molecular weight is 581 g/mol. The zero-order chi connectivity index (χ0) is 29.8. The lowest BCUT2D eigenvalue weighted by Crippen LogP contribution is -2.57. The Labute approximate surface area is 244 Å². The van der Waals surface area contributed by atoms with Gasteiger partial charge < -0.3 is 39.4 Å². The Morgan fingerprint density at radius 1 is 1.17 bits per heavy atom. The fraction of sp³-hybridized carbons (Fsp3) is 0.452. The van der Waals surface area contributed by atoms with E-state index in [4.69, 9.17) is 18.9 Å². The molecule has 2 heterocycles. The van der Waals surface area contributed by atoms with Crippen LogP contribution in [0.5, 0.6) is 17.2 Å². The Balaban J connectivity index is 1.56. The van der Waals surface area contributed by atoms with E-state index >= 15 is 0 Å². The minimum atomic E-state index is -1.22. The van der Waals surface area contributed by atoms with Gasteiger partial charge in [0.2, 0.25) is 11.8 Å². The van der Waals surface area contributed by atoms with Crippen molar-refractivity contribution in [2.24, 2.45) is 5.92 Å². The molecule has 0 bridgehead atoms. The molecule has 2 aromatic carbocycles. The molecule has 1 aliphatic carbocycles. The number of carbonyl (C=O) groups is 3. The first-order chi connectivity index (χ1) is 20.4. The highest BCUT2D eigenvalue weighted by Crippen LogP contribution is 2.51. The highest BCUT2D eigenvalue weighted by Gasteiger charge is 2.52. The highest BCUT2D eigenvalue weighted by molar-refractivity contribution is 5.96. The van der Waals surface area contributed by atoms with Crippen molar-refractivity contribution >= 4 is 18.1 Å². The smallest absolute Gasteiger partial charge is 0.247 e. The summed E-state index contributed by atoms with van der Waals surface area (Å²) in [5, 5.41) is 23.9. The van der Waals surface area contributed by atoms with Crippen molar-refractivity contribution in [1.82, 2.24) is 10.2 Å². The van der Waals surface area contributed by atoms with Crippen molar-refractivity contribution in [3.05, 3.63) is 64.7 Å². The molecule has 0 aromatic heterocycles. The molecule has 0 spiro atoms. The zero-order valence-electron chi connectivity index (χ0n) is 23.7. The Hall–Kier alpha value is -3.93. The molecule has 11 heteroatoms. The van der Waals surface area contributed by atoms with E-state index in [-0.39, 0.29) is 43.7 Å². The number of methoxy groups -OCH3 is 2. The minimum absolute atomic E-state index is 0.0159. The third-order valence-corrected chi connectivity index (χ3v) is 8.15. The maximum Gasteiger partial charge on any atom is 0.247 e. The van der Waals surface area contributed by atoms with Crippen LogP contribution in [0.15, 0.2) is 48.0 Å². The topological polar surface area (TPSA) is 144 Å². The number of aliphatic hydroxyl groups excluding tert-OH is 2. The molecule has 3 aliphatic rings. The number of amides is 2. The first kappa shape index (κ1) is 29.6. The van der Waals surface area contributed by atoms with Crippen LogP contribution in [-0.2, 0) is 20.7 Å². The molecule has 1 fully saturated rings. The van der Waals surface area contributed by atoms with Crippen molar-refractivity contribution in [1.29, 1.82) is 0 Å². The predicted octanol–water partition coefficient (Wildman–Crippen LogP) is 1.25. The summed E-state index contributed by atoms with van der Waals surface area (Å²) in [4.78, 5) is 40.8. The van der Waals surface area contributed by atoms with Crippen LogP contribution < -0.4 is 19.5 Å². The van der Waals surface area contributed by atoms with E-state index in [1.54, 1.807) is 24.2 Å². The molecule has 224 valence electrons. The Morgan fingerprint density at radius 2 is 1.95 bits per heavy atom. The van der Waals surface area contributed by atoms with Crippen molar-refractivity contribution in [3.63, 3.8) is 0 Å². The van der Waals surface area contributed by atoms with E-state index in [9.17, 15) is 24.6 Å². The molecule has 42 heavy (non-hydrogen) atoms. The number of hydrogen-bond acceptors (Lipinski definition) is 9. The number of aldehydes is 1. The van der Waals surface area contributed by atoms with E-state index in [0.29, 0.717) is 54.1 Å². The fourth-order valence-corrected chi connectivity index (χ4v) is 6.08. The second-order valence-electron chi connectivity index (χ2n) is 10.6. The first-order valence-corrected chi connectivity index (χ1v) is 14.0. The van der Waals surface area contributed by atoms with Crippen LogP contribution in [0.4, 0.5) is 0 Å². The van der Waals surface area contributed by atoms with Crippen molar-refractivity contribution in [2.75, 3.05) is 47.1 Å². The van der Waals surface area contributed by atoms with Crippen molar-refractivity contribution in [2.45, 2.75) is 37.0 Å². The van der Waals surface area contributed by atoms with Gasteiger partial charge in [-0.3, -0.25) is 14.4 Å². The molecule has 11 nitrogen and oxygen atoms in total. The van der Waals surface area contributed by atoms with Crippen LogP contribution in [0.25, 0.3) is 0 Å². The molecule has 5 atom stereocenters. The summed E-state index contributed by atoms with van der Waals surface area (Å²) in [7, 11) is 3.03. The molecule has 5 unspecified atom stereocenters. The van der Waals surface area contributed by atoms with Crippen LogP contribution in [0, 0.1) is 5.92 Å². The second-order valence-corrected chi connectivity index (χ2v) is 10.6. The van der Waals surface area contributed by atoms with Crippen LogP contribution in [0.3, 0.4) is 0 Å². The standard InChI is InChI=1S/C31H36N2O9/c1-39-24-6-4-3-5-19(24)7-10-33(31(38)20-8-12-41-17-20)23-15-22(30(37)32-9-11-34)26-21-13-18(16-35)14-25(40-2)28(21)42-29(26)27(23)36/h3-6,13-16,20,23,26-27,29,34,36H,7-12,17H2,1-2H3,(H,32,37). The average Bonchev–Trinajstić information content (AvgIpc) is 3.69. The number of nitrogens with zero attached hydrogens (tertiary/aromatic N) is 1. The third-order valence-electron chi connectivity index (χ3n) is 8.15. The summed E-state index contributed by atoms with van der Waals surface area (Å²) in [6.07, 6.45) is 1.13. The molecule has 3 N–H and O–H groups in total. The molecule has 2 aromatic rings. The Morgan fingerprint density at radius 3 is 2.64 bits per heavy atom. The van der Waals surface area contributed by atoms with Gasteiger partial charge in [0.05, 0.1) is 45.3 Å². The van der Waals surface area contributed by atoms with Crippen LogP contribution in [-0.4, -0.2) is 98.6 Å².